The molecule has 2 aliphatic heterocycles. The first-order valence-electron chi connectivity index (χ1n) is 9.68. The van der Waals surface area contributed by atoms with Gasteiger partial charge in [0.1, 0.15) is 12.4 Å². The first kappa shape index (κ1) is 17.5. The van der Waals surface area contributed by atoms with E-state index in [1.54, 1.807) is 11.3 Å². The predicted octanol–water partition coefficient (Wildman–Crippen LogP) is 4.31. The molecule has 1 amide bonds. The molecule has 1 saturated heterocycles. The molecule has 5 rings (SSSR count). The molecular formula is C23H22N2O2S. The molecule has 3 heterocycles. The highest BCUT2D eigenvalue weighted by molar-refractivity contribution is 7.17. The third kappa shape index (κ3) is 3.43. The van der Waals surface area contributed by atoms with Crippen LogP contribution in [0.2, 0.25) is 0 Å². The molecule has 28 heavy (non-hydrogen) atoms. The maximum absolute atomic E-state index is 12.8. The van der Waals surface area contributed by atoms with Crippen molar-refractivity contribution in [2.45, 2.75) is 25.6 Å². The van der Waals surface area contributed by atoms with E-state index in [4.69, 9.17) is 4.74 Å². The Kier molecular flexibility index (Phi) is 4.63. The van der Waals surface area contributed by atoms with E-state index in [-0.39, 0.29) is 11.9 Å². The summed E-state index contributed by atoms with van der Waals surface area (Å²) >= 11 is 1.57. The zero-order valence-electron chi connectivity index (χ0n) is 15.6. The summed E-state index contributed by atoms with van der Waals surface area (Å²) in [7, 11) is 0. The SMILES string of the molecule is O=C(NC1CCN(Cc2ccccc2)C1)c1cc2c(s1)-c1ccccc1OC2. The average molecular weight is 391 g/mol. The van der Waals surface area contributed by atoms with Crippen LogP contribution in [0.3, 0.4) is 0 Å². The van der Waals surface area contributed by atoms with Crippen LogP contribution in [0.15, 0.2) is 60.7 Å². The summed E-state index contributed by atoms with van der Waals surface area (Å²) in [6.45, 7) is 3.39. The summed E-state index contributed by atoms with van der Waals surface area (Å²) in [4.78, 5) is 17.2. The van der Waals surface area contributed by atoms with E-state index in [9.17, 15) is 4.79 Å². The molecule has 0 saturated carbocycles. The second-order valence-corrected chi connectivity index (χ2v) is 8.48. The number of carbonyl (C=O) groups excluding carboxylic acids is 1. The average Bonchev–Trinajstić information content (AvgIpc) is 3.36. The lowest BCUT2D eigenvalue weighted by Crippen LogP contribution is -2.36. The lowest BCUT2D eigenvalue weighted by atomic mass is 10.1. The smallest absolute Gasteiger partial charge is 0.261 e. The van der Waals surface area contributed by atoms with Gasteiger partial charge in [0.15, 0.2) is 0 Å². The van der Waals surface area contributed by atoms with Crippen LogP contribution < -0.4 is 10.1 Å². The minimum absolute atomic E-state index is 0.0310. The molecule has 1 N–H and O–H groups in total. The minimum atomic E-state index is 0.0310. The van der Waals surface area contributed by atoms with Gasteiger partial charge in [0.25, 0.3) is 5.91 Å². The number of para-hydroxylation sites is 1. The fourth-order valence-electron chi connectivity index (χ4n) is 4.00. The largest absolute Gasteiger partial charge is 0.488 e. The van der Waals surface area contributed by atoms with Crippen molar-refractivity contribution in [3.8, 4) is 16.2 Å². The van der Waals surface area contributed by atoms with Crippen LogP contribution in [0.5, 0.6) is 5.75 Å². The second-order valence-electron chi connectivity index (χ2n) is 7.43. The highest BCUT2D eigenvalue weighted by atomic mass is 32.1. The minimum Gasteiger partial charge on any atom is -0.488 e. The van der Waals surface area contributed by atoms with E-state index >= 15 is 0 Å². The fourth-order valence-corrected chi connectivity index (χ4v) is 5.10. The Labute approximate surface area is 168 Å². The van der Waals surface area contributed by atoms with Crippen LogP contribution in [-0.2, 0) is 13.2 Å². The molecular weight excluding hydrogens is 368 g/mol. The summed E-state index contributed by atoms with van der Waals surface area (Å²) in [5.74, 6) is 0.930. The van der Waals surface area contributed by atoms with Crippen molar-refractivity contribution in [2.24, 2.45) is 0 Å². The van der Waals surface area contributed by atoms with Gasteiger partial charge in [0.2, 0.25) is 0 Å². The van der Waals surface area contributed by atoms with Crippen LogP contribution in [0.4, 0.5) is 0 Å². The maximum Gasteiger partial charge on any atom is 0.261 e. The molecule has 1 unspecified atom stereocenters. The van der Waals surface area contributed by atoms with Gasteiger partial charge in [0, 0.05) is 41.7 Å². The summed E-state index contributed by atoms with van der Waals surface area (Å²) in [5.41, 5.74) is 3.51. The van der Waals surface area contributed by atoms with Crippen LogP contribution in [0, 0.1) is 0 Å². The highest BCUT2D eigenvalue weighted by Gasteiger charge is 2.27. The molecule has 5 heteroatoms. The van der Waals surface area contributed by atoms with Crippen molar-refractivity contribution in [1.82, 2.24) is 10.2 Å². The summed E-state index contributed by atoms with van der Waals surface area (Å²) < 4.78 is 5.82. The zero-order chi connectivity index (χ0) is 18.9. The van der Waals surface area contributed by atoms with Gasteiger partial charge >= 0.3 is 0 Å². The molecule has 1 aromatic heterocycles. The van der Waals surface area contributed by atoms with Crippen LogP contribution in [0.1, 0.15) is 27.2 Å². The standard InChI is InChI=1S/C23H22N2O2S/c26-23(24-18-10-11-25(14-18)13-16-6-2-1-3-7-16)21-12-17-15-27-20-9-5-4-8-19(20)22(17)28-21/h1-9,12,18H,10-11,13-15H2,(H,24,26). The van der Waals surface area contributed by atoms with E-state index in [2.05, 4.69) is 40.5 Å². The quantitative estimate of drug-likeness (QED) is 0.722. The molecule has 0 bridgehead atoms. The highest BCUT2D eigenvalue weighted by Crippen LogP contribution is 2.42. The van der Waals surface area contributed by atoms with Crippen molar-refractivity contribution in [1.29, 1.82) is 0 Å². The number of thiophene rings is 1. The van der Waals surface area contributed by atoms with Crippen molar-refractivity contribution < 1.29 is 9.53 Å². The molecule has 4 nitrogen and oxygen atoms in total. The zero-order valence-corrected chi connectivity index (χ0v) is 16.4. The number of hydrogen-bond donors (Lipinski definition) is 1. The van der Waals surface area contributed by atoms with E-state index < -0.39 is 0 Å². The molecule has 142 valence electrons. The number of ether oxygens (including phenoxy) is 1. The Morgan fingerprint density at radius 3 is 2.86 bits per heavy atom. The Bertz CT molecular complexity index is 999. The molecule has 2 aromatic carbocycles. The Balaban J connectivity index is 1.24. The van der Waals surface area contributed by atoms with Gasteiger partial charge in [-0.15, -0.1) is 11.3 Å². The number of amides is 1. The molecule has 0 spiro atoms. The number of hydrogen-bond acceptors (Lipinski definition) is 4. The van der Waals surface area contributed by atoms with Gasteiger partial charge in [-0.05, 0) is 30.2 Å². The number of nitrogens with one attached hydrogen (secondary N) is 1. The molecule has 1 fully saturated rings. The maximum atomic E-state index is 12.8. The Morgan fingerprint density at radius 2 is 1.96 bits per heavy atom. The lowest BCUT2D eigenvalue weighted by Gasteiger charge is -2.16. The monoisotopic (exact) mass is 390 g/mol. The number of carbonyl (C=O) groups is 1. The number of benzene rings is 2. The van der Waals surface area contributed by atoms with Crippen LogP contribution in [0.25, 0.3) is 10.4 Å². The van der Waals surface area contributed by atoms with Crippen LogP contribution >= 0.6 is 11.3 Å². The molecule has 0 aliphatic carbocycles. The number of rotatable bonds is 4. The van der Waals surface area contributed by atoms with Crippen molar-refractivity contribution in [3.63, 3.8) is 0 Å². The second kappa shape index (κ2) is 7.41. The van der Waals surface area contributed by atoms with Gasteiger partial charge in [-0.1, -0.05) is 42.5 Å². The van der Waals surface area contributed by atoms with Gasteiger partial charge in [-0.3, -0.25) is 9.69 Å². The first-order chi connectivity index (χ1) is 13.8. The Morgan fingerprint density at radius 1 is 1.14 bits per heavy atom. The van der Waals surface area contributed by atoms with Crippen molar-refractivity contribution in [3.05, 3.63) is 76.7 Å². The van der Waals surface area contributed by atoms with E-state index in [1.807, 2.05) is 30.3 Å². The molecule has 3 aromatic rings. The molecule has 0 radical (unpaired) electrons. The van der Waals surface area contributed by atoms with Gasteiger partial charge in [0.05, 0.1) is 4.88 Å². The number of nitrogens with zero attached hydrogens (tertiary/aromatic N) is 1. The van der Waals surface area contributed by atoms with E-state index in [0.717, 1.165) is 52.7 Å². The summed E-state index contributed by atoms with van der Waals surface area (Å²) in [5, 5.41) is 3.23. The van der Waals surface area contributed by atoms with Crippen LogP contribution in [-0.4, -0.2) is 29.9 Å². The molecule has 1 atom stereocenters. The third-order valence-electron chi connectivity index (χ3n) is 5.40. The summed E-state index contributed by atoms with van der Waals surface area (Å²) in [6, 6.07) is 20.7. The third-order valence-corrected chi connectivity index (χ3v) is 6.61. The first-order valence-corrected chi connectivity index (χ1v) is 10.5. The number of fused-ring (bicyclic) bond motifs is 3. The van der Waals surface area contributed by atoms with E-state index in [1.165, 1.54) is 5.56 Å². The predicted molar refractivity (Wildman–Crippen MR) is 112 cm³/mol. The van der Waals surface area contributed by atoms with Crippen molar-refractivity contribution in [2.75, 3.05) is 13.1 Å². The fraction of sp³-hybridized carbons (Fsp3) is 0.261. The van der Waals surface area contributed by atoms with E-state index in [0.29, 0.717) is 6.61 Å². The van der Waals surface area contributed by atoms with Gasteiger partial charge < -0.3 is 10.1 Å². The van der Waals surface area contributed by atoms with Gasteiger partial charge in [-0.25, -0.2) is 0 Å². The lowest BCUT2D eigenvalue weighted by molar-refractivity contribution is 0.0941. The van der Waals surface area contributed by atoms with Gasteiger partial charge in [-0.2, -0.15) is 0 Å². The topological polar surface area (TPSA) is 41.6 Å². The molecule has 2 aliphatic rings. The van der Waals surface area contributed by atoms with Crippen molar-refractivity contribution >= 4 is 17.2 Å². The Hall–Kier alpha value is -2.63. The summed E-state index contributed by atoms with van der Waals surface area (Å²) in [6.07, 6.45) is 0.996. The normalized spacial score (nSPS) is 18.2. The number of likely N-dealkylation sites (tertiary alicyclic amines) is 1.